The minimum absolute atomic E-state index is 0.0520. The van der Waals surface area contributed by atoms with E-state index in [1.807, 2.05) is 60.7 Å². The second-order valence-electron chi connectivity index (χ2n) is 5.99. The van der Waals surface area contributed by atoms with Gasteiger partial charge in [0.05, 0.1) is 11.5 Å². The average Bonchev–Trinajstić information content (AvgIpc) is 2.67. The molecule has 0 radical (unpaired) electrons. The average molecular weight is 431 g/mol. The van der Waals surface area contributed by atoms with Crippen LogP contribution < -0.4 is 0 Å². The first-order valence-corrected chi connectivity index (χ1v) is 10.5. The molecule has 0 saturated carbocycles. The van der Waals surface area contributed by atoms with E-state index in [1.54, 1.807) is 12.1 Å². The zero-order valence-corrected chi connectivity index (χ0v) is 16.5. The lowest BCUT2D eigenvalue weighted by Crippen LogP contribution is -2.15. The predicted octanol–water partition coefficient (Wildman–Crippen LogP) is 5.18. The molecule has 0 aliphatic heterocycles. The van der Waals surface area contributed by atoms with Crippen molar-refractivity contribution >= 4 is 26.0 Å². The summed E-state index contributed by atoms with van der Waals surface area (Å²) in [6.45, 7) is 0.0945. The third-order valence-corrected chi connectivity index (χ3v) is 5.95. The van der Waals surface area contributed by atoms with Gasteiger partial charge in [-0.05, 0) is 41.8 Å². The summed E-state index contributed by atoms with van der Waals surface area (Å²) >= 11 is 3.31. The monoisotopic (exact) mass is 430 g/mol. The summed E-state index contributed by atoms with van der Waals surface area (Å²) in [6.07, 6.45) is 0.709. The molecule has 1 atom stereocenters. The quantitative estimate of drug-likeness (QED) is 0.484. The van der Waals surface area contributed by atoms with Gasteiger partial charge in [0.1, 0.15) is 0 Å². The fourth-order valence-electron chi connectivity index (χ4n) is 2.74. The molecule has 0 spiro atoms. The van der Waals surface area contributed by atoms with Crippen LogP contribution in [0.25, 0.3) is 0 Å². The van der Waals surface area contributed by atoms with Gasteiger partial charge in [-0.2, -0.15) is 8.42 Å². The Bertz CT molecular complexity index is 924. The van der Waals surface area contributed by atoms with Crippen LogP contribution in [0.2, 0.25) is 0 Å². The molecule has 26 heavy (non-hydrogen) atoms. The van der Waals surface area contributed by atoms with Gasteiger partial charge in [-0.15, -0.1) is 0 Å². The first-order valence-electron chi connectivity index (χ1n) is 8.28. The molecule has 0 aliphatic rings. The van der Waals surface area contributed by atoms with Crippen molar-refractivity contribution in [3.05, 3.63) is 101 Å². The molecule has 0 aromatic heterocycles. The second-order valence-corrected chi connectivity index (χ2v) is 8.52. The van der Waals surface area contributed by atoms with Gasteiger partial charge in [0.2, 0.25) is 0 Å². The molecule has 5 heteroatoms. The molecule has 3 aromatic carbocycles. The third-order valence-electron chi connectivity index (χ3n) is 4.12. The van der Waals surface area contributed by atoms with Crippen molar-refractivity contribution in [3.63, 3.8) is 0 Å². The Morgan fingerprint density at radius 3 is 2.00 bits per heavy atom. The molecule has 0 unspecified atom stereocenters. The van der Waals surface area contributed by atoms with Crippen molar-refractivity contribution in [2.75, 3.05) is 6.61 Å². The van der Waals surface area contributed by atoms with E-state index in [1.165, 1.54) is 12.1 Å². The van der Waals surface area contributed by atoms with Gasteiger partial charge in [-0.1, -0.05) is 76.6 Å². The molecule has 0 heterocycles. The van der Waals surface area contributed by atoms with Crippen molar-refractivity contribution in [3.8, 4) is 0 Å². The molecule has 134 valence electrons. The van der Waals surface area contributed by atoms with Gasteiger partial charge in [-0.25, -0.2) is 0 Å². The molecule has 0 fully saturated rings. The topological polar surface area (TPSA) is 43.4 Å². The van der Waals surface area contributed by atoms with Gasteiger partial charge >= 0.3 is 0 Å². The SMILES string of the molecule is O=S(=O)(OC[C@@H](Cc1ccccc1)c1ccccc1)c1ccc(Br)cc1. The van der Waals surface area contributed by atoms with E-state index in [-0.39, 0.29) is 17.4 Å². The maximum absolute atomic E-state index is 12.5. The molecule has 3 aromatic rings. The summed E-state index contributed by atoms with van der Waals surface area (Å²) in [5.74, 6) is -0.0520. The van der Waals surface area contributed by atoms with E-state index >= 15 is 0 Å². The van der Waals surface area contributed by atoms with Gasteiger partial charge in [0.15, 0.2) is 0 Å². The van der Waals surface area contributed by atoms with Crippen LogP contribution in [0.5, 0.6) is 0 Å². The van der Waals surface area contributed by atoms with Crippen molar-refractivity contribution in [1.82, 2.24) is 0 Å². The maximum atomic E-state index is 12.5. The van der Waals surface area contributed by atoms with E-state index in [2.05, 4.69) is 15.9 Å². The minimum atomic E-state index is -3.79. The van der Waals surface area contributed by atoms with Gasteiger partial charge in [-0.3, -0.25) is 4.18 Å². The van der Waals surface area contributed by atoms with Crippen LogP contribution in [0.4, 0.5) is 0 Å². The predicted molar refractivity (Wildman–Crippen MR) is 107 cm³/mol. The normalized spacial score (nSPS) is 12.7. The third kappa shape index (κ3) is 5.04. The van der Waals surface area contributed by atoms with Crippen LogP contribution in [-0.2, 0) is 20.7 Å². The van der Waals surface area contributed by atoms with Crippen molar-refractivity contribution in [2.24, 2.45) is 0 Å². The maximum Gasteiger partial charge on any atom is 0.296 e. The number of benzene rings is 3. The van der Waals surface area contributed by atoms with Crippen molar-refractivity contribution in [1.29, 1.82) is 0 Å². The second kappa shape index (κ2) is 8.62. The number of rotatable bonds is 7. The fourth-order valence-corrected chi connectivity index (χ4v) is 3.95. The lowest BCUT2D eigenvalue weighted by atomic mass is 9.93. The summed E-state index contributed by atoms with van der Waals surface area (Å²) < 4.78 is 31.2. The first-order chi connectivity index (χ1) is 12.5. The molecule has 0 aliphatic carbocycles. The van der Waals surface area contributed by atoms with E-state index in [4.69, 9.17) is 4.18 Å². The van der Waals surface area contributed by atoms with Gasteiger partial charge in [0.25, 0.3) is 10.1 Å². The van der Waals surface area contributed by atoms with Crippen LogP contribution in [0, 0.1) is 0 Å². The summed E-state index contributed by atoms with van der Waals surface area (Å²) in [7, 11) is -3.79. The highest BCUT2D eigenvalue weighted by Gasteiger charge is 2.20. The summed E-state index contributed by atoms with van der Waals surface area (Å²) in [5, 5.41) is 0. The standard InChI is InChI=1S/C21H19BrO3S/c22-20-11-13-21(14-12-20)26(23,24)25-16-19(18-9-5-2-6-10-18)15-17-7-3-1-4-8-17/h1-14,19H,15-16H2/t19-/m1/s1. The van der Waals surface area contributed by atoms with Crippen molar-refractivity contribution in [2.45, 2.75) is 17.2 Å². The Morgan fingerprint density at radius 1 is 0.808 bits per heavy atom. The molecular weight excluding hydrogens is 412 g/mol. The van der Waals surface area contributed by atoms with Gasteiger partial charge in [0, 0.05) is 10.4 Å². The van der Waals surface area contributed by atoms with Gasteiger partial charge < -0.3 is 0 Å². The van der Waals surface area contributed by atoms with Crippen LogP contribution in [0.1, 0.15) is 17.0 Å². The number of hydrogen-bond donors (Lipinski definition) is 0. The summed E-state index contributed by atoms with van der Waals surface area (Å²) in [6, 6.07) is 26.3. The molecule has 0 saturated heterocycles. The highest BCUT2D eigenvalue weighted by Crippen LogP contribution is 2.24. The highest BCUT2D eigenvalue weighted by molar-refractivity contribution is 9.10. The Kier molecular flexibility index (Phi) is 6.25. The lowest BCUT2D eigenvalue weighted by molar-refractivity contribution is 0.290. The number of hydrogen-bond acceptors (Lipinski definition) is 3. The Labute approximate surface area is 162 Å². The zero-order chi connectivity index (χ0) is 18.4. The van der Waals surface area contributed by atoms with E-state index in [9.17, 15) is 8.42 Å². The van der Waals surface area contributed by atoms with Crippen LogP contribution in [0.15, 0.2) is 94.3 Å². The van der Waals surface area contributed by atoms with E-state index in [0.717, 1.165) is 15.6 Å². The summed E-state index contributed by atoms with van der Waals surface area (Å²) in [4.78, 5) is 0.159. The molecule has 0 N–H and O–H groups in total. The minimum Gasteiger partial charge on any atom is -0.266 e. The van der Waals surface area contributed by atoms with Crippen molar-refractivity contribution < 1.29 is 12.6 Å². The van der Waals surface area contributed by atoms with Crippen LogP contribution >= 0.6 is 15.9 Å². The molecule has 3 nitrogen and oxygen atoms in total. The fraction of sp³-hybridized carbons (Fsp3) is 0.143. The molecular formula is C21H19BrO3S. The highest BCUT2D eigenvalue weighted by atomic mass is 79.9. The Balaban J connectivity index is 1.78. The largest absolute Gasteiger partial charge is 0.296 e. The molecule has 0 bridgehead atoms. The molecule has 0 amide bonds. The van der Waals surface area contributed by atoms with Crippen LogP contribution in [0.3, 0.4) is 0 Å². The molecule has 3 rings (SSSR count). The Morgan fingerprint density at radius 2 is 1.38 bits per heavy atom. The zero-order valence-electron chi connectivity index (χ0n) is 14.1. The summed E-state index contributed by atoms with van der Waals surface area (Å²) in [5.41, 5.74) is 2.20. The lowest BCUT2D eigenvalue weighted by Gasteiger charge is -2.18. The van der Waals surface area contributed by atoms with E-state index in [0.29, 0.717) is 6.42 Å². The van der Waals surface area contributed by atoms with E-state index < -0.39 is 10.1 Å². The number of halogens is 1. The first kappa shape index (κ1) is 18.8. The van der Waals surface area contributed by atoms with Crippen LogP contribution in [-0.4, -0.2) is 15.0 Å². The Hall–Kier alpha value is -1.95. The smallest absolute Gasteiger partial charge is 0.266 e.